The Labute approximate surface area is 246 Å². The van der Waals surface area contributed by atoms with Crippen molar-refractivity contribution < 1.29 is 31.9 Å². The van der Waals surface area contributed by atoms with Crippen LogP contribution >= 0.6 is 0 Å². The lowest BCUT2D eigenvalue weighted by molar-refractivity contribution is -0.139. The molecule has 1 aliphatic carbocycles. The Morgan fingerprint density at radius 3 is 2.24 bits per heavy atom. The summed E-state index contributed by atoms with van der Waals surface area (Å²) in [6, 6.07) is 17.4. The van der Waals surface area contributed by atoms with Crippen molar-refractivity contribution >= 4 is 27.5 Å². The Morgan fingerprint density at radius 1 is 0.952 bits per heavy atom. The molecule has 0 radical (unpaired) electrons. The lowest BCUT2D eigenvalue weighted by Gasteiger charge is -2.32. The van der Waals surface area contributed by atoms with E-state index in [-0.39, 0.29) is 40.4 Å². The fraction of sp³-hybridized carbons (Fsp3) is 0.355. The highest BCUT2D eigenvalue weighted by molar-refractivity contribution is 7.92. The van der Waals surface area contributed by atoms with Crippen LogP contribution in [0.25, 0.3) is 0 Å². The van der Waals surface area contributed by atoms with Crippen LogP contribution in [0, 0.1) is 5.82 Å². The molecule has 3 aromatic rings. The smallest absolute Gasteiger partial charge is 0.264 e. The molecule has 11 heteroatoms. The standard InChI is InChI=1S/C31H36FN3O6S/c1-22(31(37)33-24-12-8-9-13-24)34(20-23-11-7-10-16-27(23)32)30(36)21-35(25-14-5-4-6-15-25)42(38,39)26-17-18-28(40-2)29(19-26)41-3/h4-7,10-11,14-19,22,24H,8-9,12-13,20-21H2,1-3H3,(H,33,37)/t22-/m0/s1. The van der Waals surface area contributed by atoms with Crippen molar-refractivity contribution in [2.45, 2.75) is 56.1 Å². The lowest BCUT2D eigenvalue weighted by Crippen LogP contribution is -2.52. The first-order valence-electron chi connectivity index (χ1n) is 13.8. The fourth-order valence-corrected chi connectivity index (χ4v) is 6.44. The number of ether oxygens (including phenoxy) is 2. The van der Waals surface area contributed by atoms with Gasteiger partial charge < -0.3 is 19.7 Å². The summed E-state index contributed by atoms with van der Waals surface area (Å²) in [5.74, 6) is -1.02. The third-order valence-electron chi connectivity index (χ3n) is 7.43. The number of hydrogen-bond acceptors (Lipinski definition) is 6. The van der Waals surface area contributed by atoms with Gasteiger partial charge in [0.15, 0.2) is 11.5 Å². The van der Waals surface area contributed by atoms with Crippen molar-refractivity contribution in [1.82, 2.24) is 10.2 Å². The normalized spacial score (nSPS) is 14.2. The van der Waals surface area contributed by atoms with Gasteiger partial charge in [-0.25, -0.2) is 12.8 Å². The molecule has 4 rings (SSSR count). The SMILES string of the molecule is COc1ccc(S(=O)(=O)N(CC(=O)N(Cc2ccccc2F)[C@@H](C)C(=O)NC2CCCC2)c2ccccc2)cc1OC. The van der Waals surface area contributed by atoms with Gasteiger partial charge >= 0.3 is 0 Å². The van der Waals surface area contributed by atoms with Crippen molar-refractivity contribution in [3.05, 3.63) is 84.2 Å². The number of sulfonamides is 1. The minimum absolute atomic E-state index is 0.0108. The van der Waals surface area contributed by atoms with Crippen LogP contribution in [0.15, 0.2) is 77.7 Å². The molecule has 1 saturated carbocycles. The van der Waals surface area contributed by atoms with E-state index in [2.05, 4.69) is 5.32 Å². The first-order chi connectivity index (χ1) is 20.1. The maximum Gasteiger partial charge on any atom is 0.264 e. The van der Waals surface area contributed by atoms with E-state index in [0.717, 1.165) is 30.0 Å². The van der Waals surface area contributed by atoms with Crippen LogP contribution in [0.3, 0.4) is 0 Å². The van der Waals surface area contributed by atoms with E-state index < -0.39 is 34.3 Å². The first-order valence-corrected chi connectivity index (χ1v) is 15.2. The molecular formula is C31H36FN3O6S. The number of benzene rings is 3. The fourth-order valence-electron chi connectivity index (χ4n) is 5.01. The van der Waals surface area contributed by atoms with Crippen LogP contribution in [0.5, 0.6) is 11.5 Å². The predicted molar refractivity (Wildman–Crippen MR) is 157 cm³/mol. The van der Waals surface area contributed by atoms with Crippen molar-refractivity contribution in [1.29, 1.82) is 0 Å². The molecule has 0 unspecified atom stereocenters. The highest BCUT2D eigenvalue weighted by atomic mass is 32.2. The lowest BCUT2D eigenvalue weighted by atomic mass is 10.1. The van der Waals surface area contributed by atoms with Gasteiger partial charge in [0, 0.05) is 24.2 Å². The molecule has 0 aromatic heterocycles. The minimum Gasteiger partial charge on any atom is -0.493 e. The molecule has 1 N–H and O–H groups in total. The summed E-state index contributed by atoms with van der Waals surface area (Å²) in [5.41, 5.74) is 0.454. The second-order valence-electron chi connectivity index (χ2n) is 10.1. The van der Waals surface area contributed by atoms with Crippen LogP contribution < -0.4 is 19.1 Å². The Balaban J connectivity index is 1.70. The largest absolute Gasteiger partial charge is 0.493 e. The summed E-state index contributed by atoms with van der Waals surface area (Å²) in [6.07, 6.45) is 3.73. The Kier molecular flexibility index (Phi) is 10.1. The number of halogens is 1. The average Bonchev–Trinajstić information content (AvgIpc) is 3.52. The topological polar surface area (TPSA) is 105 Å². The third kappa shape index (κ3) is 7.02. The van der Waals surface area contributed by atoms with Crippen LogP contribution in [0.2, 0.25) is 0 Å². The van der Waals surface area contributed by atoms with Gasteiger partial charge in [-0.05, 0) is 50.1 Å². The van der Waals surface area contributed by atoms with Crippen molar-refractivity contribution in [2.24, 2.45) is 0 Å². The number of amides is 2. The van der Waals surface area contributed by atoms with E-state index in [4.69, 9.17) is 9.47 Å². The van der Waals surface area contributed by atoms with Gasteiger partial charge in [-0.1, -0.05) is 49.2 Å². The molecule has 42 heavy (non-hydrogen) atoms. The molecule has 0 spiro atoms. The number of nitrogens with zero attached hydrogens (tertiary/aromatic N) is 2. The monoisotopic (exact) mass is 597 g/mol. The van der Waals surface area contributed by atoms with Crippen LogP contribution in [0.4, 0.5) is 10.1 Å². The second-order valence-corrected chi connectivity index (χ2v) is 12.0. The third-order valence-corrected chi connectivity index (χ3v) is 9.20. The van der Waals surface area contributed by atoms with E-state index in [1.54, 1.807) is 43.3 Å². The number of carbonyl (C=O) groups excluding carboxylic acids is 2. The van der Waals surface area contributed by atoms with Gasteiger partial charge in [0.2, 0.25) is 11.8 Å². The number of anilines is 1. The number of rotatable bonds is 12. The molecule has 9 nitrogen and oxygen atoms in total. The number of methoxy groups -OCH3 is 2. The number of hydrogen-bond donors (Lipinski definition) is 1. The van der Waals surface area contributed by atoms with Crippen LogP contribution in [-0.4, -0.2) is 58.0 Å². The quantitative estimate of drug-likeness (QED) is 0.329. The van der Waals surface area contributed by atoms with Gasteiger partial charge in [0.1, 0.15) is 18.4 Å². The molecule has 1 atom stereocenters. The summed E-state index contributed by atoms with van der Waals surface area (Å²) in [6.45, 7) is 0.721. The maximum atomic E-state index is 14.7. The molecule has 0 saturated heterocycles. The molecule has 0 heterocycles. The average molecular weight is 598 g/mol. The van der Waals surface area contributed by atoms with E-state index in [0.29, 0.717) is 5.75 Å². The van der Waals surface area contributed by atoms with Crippen molar-refractivity contribution in [3.63, 3.8) is 0 Å². The summed E-state index contributed by atoms with van der Waals surface area (Å²) in [4.78, 5) is 28.4. The van der Waals surface area contributed by atoms with Gasteiger partial charge in [0.25, 0.3) is 10.0 Å². The minimum atomic E-state index is -4.31. The maximum absolute atomic E-state index is 14.7. The Bertz CT molecular complexity index is 1500. The van der Waals surface area contributed by atoms with Crippen LogP contribution in [0.1, 0.15) is 38.2 Å². The summed E-state index contributed by atoms with van der Waals surface area (Å²) in [7, 11) is -1.48. The molecule has 224 valence electrons. The number of nitrogens with one attached hydrogen (secondary N) is 1. The van der Waals surface area contributed by atoms with Crippen LogP contribution in [-0.2, 0) is 26.2 Å². The zero-order chi connectivity index (χ0) is 30.3. The number of carbonyl (C=O) groups is 2. The molecule has 2 amide bonds. The highest BCUT2D eigenvalue weighted by Crippen LogP contribution is 2.32. The molecule has 3 aromatic carbocycles. The predicted octanol–water partition coefficient (Wildman–Crippen LogP) is 4.51. The van der Waals surface area contributed by atoms with Gasteiger partial charge in [-0.2, -0.15) is 0 Å². The van der Waals surface area contributed by atoms with E-state index in [1.165, 1.54) is 55.5 Å². The van der Waals surface area contributed by atoms with E-state index in [9.17, 15) is 22.4 Å². The highest BCUT2D eigenvalue weighted by Gasteiger charge is 2.34. The zero-order valence-electron chi connectivity index (χ0n) is 24.0. The molecule has 1 fully saturated rings. The van der Waals surface area contributed by atoms with Crippen molar-refractivity contribution in [3.8, 4) is 11.5 Å². The first kappa shape index (κ1) is 30.8. The van der Waals surface area contributed by atoms with E-state index in [1.807, 2.05) is 0 Å². The number of para-hydroxylation sites is 1. The molecule has 0 bridgehead atoms. The summed E-state index contributed by atoms with van der Waals surface area (Å²) >= 11 is 0. The van der Waals surface area contributed by atoms with E-state index >= 15 is 0 Å². The molecular weight excluding hydrogens is 561 g/mol. The van der Waals surface area contributed by atoms with Crippen molar-refractivity contribution in [2.75, 3.05) is 25.1 Å². The molecule has 0 aliphatic heterocycles. The Morgan fingerprint density at radius 2 is 1.60 bits per heavy atom. The second kappa shape index (κ2) is 13.7. The molecule has 1 aliphatic rings. The summed E-state index contributed by atoms with van der Waals surface area (Å²) < 4.78 is 54.3. The van der Waals surface area contributed by atoms with Gasteiger partial charge in [-0.15, -0.1) is 0 Å². The van der Waals surface area contributed by atoms with Gasteiger partial charge in [-0.3, -0.25) is 13.9 Å². The van der Waals surface area contributed by atoms with Gasteiger partial charge in [0.05, 0.1) is 24.8 Å². The summed E-state index contributed by atoms with van der Waals surface area (Å²) in [5, 5.41) is 2.99. The Hall–Kier alpha value is -4.12. The zero-order valence-corrected chi connectivity index (χ0v) is 24.8.